The Morgan fingerprint density at radius 2 is 2.04 bits per heavy atom. The van der Waals surface area contributed by atoms with Crippen LogP contribution in [0.25, 0.3) is 10.9 Å². The number of aliphatic hydroxyl groups excluding tert-OH is 1. The molecule has 1 aromatic heterocycles. The van der Waals surface area contributed by atoms with Gasteiger partial charge in [-0.2, -0.15) is 0 Å². The molecule has 2 rings (SSSR count). The van der Waals surface area contributed by atoms with Crippen LogP contribution in [-0.4, -0.2) is 38.0 Å². The molecule has 6 nitrogen and oxygen atoms in total. The highest BCUT2D eigenvalue weighted by molar-refractivity contribution is 8.00. The number of fused-ring (bicyclic) bond motifs is 1. The van der Waals surface area contributed by atoms with Crippen molar-refractivity contribution in [3.05, 3.63) is 33.6 Å². The van der Waals surface area contributed by atoms with Crippen LogP contribution in [0.1, 0.15) is 27.7 Å². The molecule has 0 unspecified atom stereocenters. The second-order valence-electron chi connectivity index (χ2n) is 6.24. The Labute approximate surface area is 155 Å². The normalized spacial score (nSPS) is 13.9. The van der Waals surface area contributed by atoms with E-state index in [1.165, 1.54) is 16.3 Å². The molecule has 0 fully saturated rings. The molecular weight excluding hydrogens is 362 g/mol. The molecular formula is C17H22ClN3O3S. The SMILES string of the molecule is CC(C)NC(=O)[C@@H](C)Sc1nc2cc(Cl)ccc2c(=O)n1C[C@@H](C)O. The predicted octanol–water partition coefficient (Wildman–Crippen LogP) is 2.44. The van der Waals surface area contributed by atoms with Gasteiger partial charge in [0, 0.05) is 11.1 Å². The first-order valence-corrected chi connectivity index (χ1v) is 9.30. The van der Waals surface area contributed by atoms with E-state index in [2.05, 4.69) is 10.3 Å². The Bertz CT molecular complexity index is 836. The number of nitrogens with zero attached hydrogens (tertiary/aromatic N) is 2. The zero-order valence-electron chi connectivity index (χ0n) is 14.6. The van der Waals surface area contributed by atoms with Gasteiger partial charge in [0.15, 0.2) is 5.16 Å². The first kappa shape index (κ1) is 19.8. The highest BCUT2D eigenvalue weighted by atomic mass is 35.5. The van der Waals surface area contributed by atoms with Crippen LogP contribution in [-0.2, 0) is 11.3 Å². The van der Waals surface area contributed by atoms with Gasteiger partial charge in [0.25, 0.3) is 5.56 Å². The van der Waals surface area contributed by atoms with Crippen molar-refractivity contribution >= 4 is 40.2 Å². The third-order valence-corrected chi connectivity index (χ3v) is 4.74. The summed E-state index contributed by atoms with van der Waals surface area (Å²) in [6, 6.07) is 4.90. The highest BCUT2D eigenvalue weighted by Gasteiger charge is 2.20. The number of thioether (sulfide) groups is 1. The van der Waals surface area contributed by atoms with Crippen molar-refractivity contribution in [2.75, 3.05) is 0 Å². The van der Waals surface area contributed by atoms with E-state index in [0.29, 0.717) is 21.1 Å². The lowest BCUT2D eigenvalue weighted by Crippen LogP contribution is -2.36. The lowest BCUT2D eigenvalue weighted by Gasteiger charge is -2.18. The Hall–Kier alpha value is -1.57. The summed E-state index contributed by atoms with van der Waals surface area (Å²) in [6.45, 7) is 7.22. The van der Waals surface area contributed by atoms with Crippen molar-refractivity contribution in [3.8, 4) is 0 Å². The summed E-state index contributed by atoms with van der Waals surface area (Å²) in [5, 5.41) is 13.4. The van der Waals surface area contributed by atoms with Gasteiger partial charge >= 0.3 is 0 Å². The fourth-order valence-electron chi connectivity index (χ4n) is 2.30. The molecule has 0 aliphatic rings. The summed E-state index contributed by atoms with van der Waals surface area (Å²) < 4.78 is 1.41. The molecule has 2 N–H and O–H groups in total. The fourth-order valence-corrected chi connectivity index (χ4v) is 3.40. The maximum Gasteiger partial charge on any atom is 0.262 e. The molecule has 1 amide bonds. The second kappa shape index (κ2) is 8.21. The minimum atomic E-state index is -0.719. The number of carbonyl (C=O) groups excluding carboxylic acids is 1. The standard InChI is InChI=1S/C17H22ClN3O3S/c1-9(2)19-15(23)11(4)25-17-20-14-7-12(18)5-6-13(14)16(24)21(17)8-10(3)22/h5-7,9-11,22H,8H2,1-4H3,(H,19,23)/t10-,11-/m1/s1. The van der Waals surface area contributed by atoms with Gasteiger partial charge in [-0.1, -0.05) is 23.4 Å². The van der Waals surface area contributed by atoms with Crippen molar-refractivity contribution in [1.82, 2.24) is 14.9 Å². The van der Waals surface area contributed by atoms with Gasteiger partial charge in [0.05, 0.1) is 28.8 Å². The molecule has 2 atom stereocenters. The first-order chi connectivity index (χ1) is 11.7. The van der Waals surface area contributed by atoms with Crippen molar-refractivity contribution < 1.29 is 9.90 Å². The van der Waals surface area contributed by atoms with Crippen molar-refractivity contribution in [2.45, 2.75) is 56.8 Å². The van der Waals surface area contributed by atoms with Crippen LogP contribution < -0.4 is 10.9 Å². The van der Waals surface area contributed by atoms with Crippen LogP contribution >= 0.6 is 23.4 Å². The van der Waals surface area contributed by atoms with Crippen LogP contribution in [0.5, 0.6) is 0 Å². The molecule has 25 heavy (non-hydrogen) atoms. The largest absolute Gasteiger partial charge is 0.392 e. The lowest BCUT2D eigenvalue weighted by molar-refractivity contribution is -0.120. The number of aliphatic hydroxyl groups is 1. The lowest BCUT2D eigenvalue weighted by atomic mass is 10.2. The zero-order chi connectivity index (χ0) is 18.7. The summed E-state index contributed by atoms with van der Waals surface area (Å²) in [5.41, 5.74) is 0.208. The number of hydrogen-bond donors (Lipinski definition) is 2. The van der Waals surface area contributed by atoms with Gasteiger partial charge in [-0.3, -0.25) is 14.2 Å². The summed E-state index contributed by atoms with van der Waals surface area (Å²) >= 11 is 7.18. The average Bonchev–Trinajstić information content (AvgIpc) is 2.49. The number of halogens is 1. The summed E-state index contributed by atoms with van der Waals surface area (Å²) in [6.07, 6.45) is -0.719. The molecule has 0 bridgehead atoms. The van der Waals surface area contributed by atoms with Crippen molar-refractivity contribution in [1.29, 1.82) is 0 Å². The molecule has 136 valence electrons. The molecule has 0 aliphatic heterocycles. The topological polar surface area (TPSA) is 84.2 Å². The fraction of sp³-hybridized carbons (Fsp3) is 0.471. The molecule has 1 aromatic carbocycles. The molecule has 0 saturated heterocycles. The Morgan fingerprint density at radius 3 is 2.64 bits per heavy atom. The van der Waals surface area contributed by atoms with E-state index in [4.69, 9.17) is 11.6 Å². The Balaban J connectivity index is 2.48. The molecule has 1 heterocycles. The molecule has 2 aromatic rings. The number of carbonyl (C=O) groups is 1. The smallest absolute Gasteiger partial charge is 0.262 e. The van der Waals surface area contributed by atoms with Crippen LogP contribution in [0, 0.1) is 0 Å². The van der Waals surface area contributed by atoms with E-state index in [1.54, 1.807) is 32.0 Å². The van der Waals surface area contributed by atoms with E-state index in [1.807, 2.05) is 13.8 Å². The first-order valence-electron chi connectivity index (χ1n) is 8.04. The number of aromatic nitrogens is 2. The van der Waals surface area contributed by atoms with Gasteiger partial charge in [0.2, 0.25) is 5.91 Å². The molecule has 0 saturated carbocycles. The van der Waals surface area contributed by atoms with Gasteiger partial charge in [-0.25, -0.2) is 4.98 Å². The maximum atomic E-state index is 12.8. The van der Waals surface area contributed by atoms with E-state index < -0.39 is 11.4 Å². The van der Waals surface area contributed by atoms with Gasteiger partial charge in [-0.05, 0) is 45.9 Å². The number of rotatable bonds is 6. The van der Waals surface area contributed by atoms with Gasteiger partial charge in [0.1, 0.15) is 0 Å². The quantitative estimate of drug-likeness (QED) is 0.591. The van der Waals surface area contributed by atoms with Crippen LogP contribution in [0.15, 0.2) is 28.2 Å². The summed E-state index contributed by atoms with van der Waals surface area (Å²) in [4.78, 5) is 29.5. The van der Waals surface area contributed by atoms with E-state index in [9.17, 15) is 14.7 Å². The number of nitrogens with one attached hydrogen (secondary N) is 1. The highest BCUT2D eigenvalue weighted by Crippen LogP contribution is 2.24. The number of benzene rings is 1. The van der Waals surface area contributed by atoms with E-state index >= 15 is 0 Å². The van der Waals surface area contributed by atoms with E-state index in [-0.39, 0.29) is 24.1 Å². The zero-order valence-corrected chi connectivity index (χ0v) is 16.2. The molecule has 0 spiro atoms. The van der Waals surface area contributed by atoms with Crippen LogP contribution in [0.3, 0.4) is 0 Å². The molecule has 0 radical (unpaired) electrons. The monoisotopic (exact) mass is 383 g/mol. The van der Waals surface area contributed by atoms with Gasteiger partial charge in [-0.15, -0.1) is 0 Å². The second-order valence-corrected chi connectivity index (χ2v) is 7.99. The minimum Gasteiger partial charge on any atom is -0.392 e. The summed E-state index contributed by atoms with van der Waals surface area (Å²) in [7, 11) is 0. The van der Waals surface area contributed by atoms with Crippen molar-refractivity contribution in [3.63, 3.8) is 0 Å². The third-order valence-electron chi connectivity index (χ3n) is 3.41. The molecule has 8 heteroatoms. The third kappa shape index (κ3) is 4.96. The van der Waals surface area contributed by atoms with Crippen molar-refractivity contribution in [2.24, 2.45) is 0 Å². The average molecular weight is 384 g/mol. The summed E-state index contributed by atoms with van der Waals surface area (Å²) in [5.74, 6) is -0.135. The molecule has 0 aliphatic carbocycles. The van der Waals surface area contributed by atoms with Crippen LogP contribution in [0.4, 0.5) is 0 Å². The predicted molar refractivity (Wildman–Crippen MR) is 101 cm³/mol. The Kier molecular flexibility index (Phi) is 6.48. The van der Waals surface area contributed by atoms with Gasteiger partial charge < -0.3 is 10.4 Å². The maximum absolute atomic E-state index is 12.8. The van der Waals surface area contributed by atoms with Crippen LogP contribution in [0.2, 0.25) is 5.02 Å². The number of hydrogen-bond acceptors (Lipinski definition) is 5. The minimum absolute atomic E-state index is 0.0265. The van der Waals surface area contributed by atoms with E-state index in [0.717, 1.165) is 0 Å². The Morgan fingerprint density at radius 1 is 1.36 bits per heavy atom. The number of amides is 1.